The van der Waals surface area contributed by atoms with Gasteiger partial charge in [-0.25, -0.2) is 23.2 Å². The molecule has 1 aliphatic heterocycles. The summed E-state index contributed by atoms with van der Waals surface area (Å²) in [6.45, 7) is 0.676. The lowest BCUT2D eigenvalue weighted by molar-refractivity contribution is 0.211. The summed E-state index contributed by atoms with van der Waals surface area (Å²) in [4.78, 5) is 25.2. The minimum absolute atomic E-state index is 0.198. The van der Waals surface area contributed by atoms with Gasteiger partial charge < -0.3 is 20.2 Å². The fourth-order valence-corrected chi connectivity index (χ4v) is 6.48. The number of nitrogens with zero attached hydrogens (tertiary/aromatic N) is 5. The molecular formula is C27H24ClN7O5S. The second-order valence-electron chi connectivity index (χ2n) is 9.38. The van der Waals surface area contributed by atoms with Gasteiger partial charge in [-0.2, -0.15) is 9.29 Å². The van der Waals surface area contributed by atoms with E-state index in [0.717, 1.165) is 6.42 Å². The van der Waals surface area contributed by atoms with Crippen LogP contribution in [0.1, 0.15) is 12.8 Å². The zero-order chi connectivity index (χ0) is 28.6. The molecule has 1 aliphatic rings. The Labute approximate surface area is 239 Å². The molecule has 41 heavy (non-hydrogen) atoms. The summed E-state index contributed by atoms with van der Waals surface area (Å²) in [6, 6.07) is 14.5. The van der Waals surface area contributed by atoms with Crippen LogP contribution >= 0.6 is 11.6 Å². The average Bonchev–Trinajstić information content (AvgIpc) is 3.55. The lowest BCUT2D eigenvalue weighted by Crippen LogP contribution is -2.45. The summed E-state index contributed by atoms with van der Waals surface area (Å²) in [6.07, 6.45) is 5.36. The molecule has 1 saturated heterocycles. The first-order valence-corrected chi connectivity index (χ1v) is 14.5. The second kappa shape index (κ2) is 10.8. The molecule has 0 radical (unpaired) electrons. The van der Waals surface area contributed by atoms with E-state index >= 15 is 0 Å². The van der Waals surface area contributed by atoms with E-state index < -0.39 is 16.1 Å². The predicted octanol–water partition coefficient (Wildman–Crippen LogP) is 4.43. The summed E-state index contributed by atoms with van der Waals surface area (Å²) >= 11 is 5.94. The van der Waals surface area contributed by atoms with Gasteiger partial charge in [-0.05, 0) is 55.3 Å². The van der Waals surface area contributed by atoms with Crippen LogP contribution in [0, 0.1) is 0 Å². The number of halogens is 1. The van der Waals surface area contributed by atoms with Gasteiger partial charge in [0, 0.05) is 42.1 Å². The zero-order valence-corrected chi connectivity index (χ0v) is 23.0. The van der Waals surface area contributed by atoms with Crippen LogP contribution in [0.3, 0.4) is 0 Å². The third kappa shape index (κ3) is 5.46. The summed E-state index contributed by atoms with van der Waals surface area (Å²) in [5.74, 6) is 0.958. The van der Waals surface area contributed by atoms with E-state index in [4.69, 9.17) is 31.5 Å². The van der Waals surface area contributed by atoms with Crippen molar-refractivity contribution in [3.63, 3.8) is 0 Å². The van der Waals surface area contributed by atoms with Crippen LogP contribution in [0.5, 0.6) is 5.75 Å². The van der Waals surface area contributed by atoms with Gasteiger partial charge in [0.2, 0.25) is 16.0 Å². The number of nitrogens with two attached hydrogens (primary N) is 1. The SMILES string of the molecule is NC(=O)Oc1cccc(-c2nc3occn3c2-c2ccnc(N[C@@H]3CCCN(S(=O)(=O)c4ccc(Cl)cc4)C3)n2)c1. The number of rotatable bonds is 7. The summed E-state index contributed by atoms with van der Waals surface area (Å²) in [7, 11) is -3.68. The normalized spacial score (nSPS) is 16.1. The van der Waals surface area contributed by atoms with Crippen molar-refractivity contribution in [2.24, 2.45) is 5.73 Å². The molecule has 12 nitrogen and oxygen atoms in total. The maximum atomic E-state index is 13.2. The zero-order valence-electron chi connectivity index (χ0n) is 21.5. The fraction of sp³-hybridized carbons (Fsp3) is 0.185. The molecule has 1 atom stereocenters. The summed E-state index contributed by atoms with van der Waals surface area (Å²) in [5, 5.41) is 3.78. The number of sulfonamides is 1. The number of carbonyl (C=O) groups is 1. The highest BCUT2D eigenvalue weighted by molar-refractivity contribution is 7.89. The van der Waals surface area contributed by atoms with Crippen molar-refractivity contribution >= 4 is 39.5 Å². The molecule has 0 saturated carbocycles. The summed E-state index contributed by atoms with van der Waals surface area (Å²) in [5.41, 5.74) is 7.56. The van der Waals surface area contributed by atoms with Crippen LogP contribution in [-0.2, 0) is 10.0 Å². The number of aromatic nitrogens is 4. The maximum absolute atomic E-state index is 13.2. The van der Waals surface area contributed by atoms with Gasteiger partial charge in [0.05, 0.1) is 10.6 Å². The van der Waals surface area contributed by atoms with E-state index in [2.05, 4.69) is 15.3 Å². The Hall–Kier alpha value is -4.46. The monoisotopic (exact) mass is 593 g/mol. The number of nitrogens with one attached hydrogen (secondary N) is 1. The molecule has 5 aromatic rings. The van der Waals surface area contributed by atoms with Crippen LogP contribution in [0.15, 0.2) is 82.6 Å². The minimum Gasteiger partial charge on any atom is -0.432 e. The summed E-state index contributed by atoms with van der Waals surface area (Å²) < 4.78 is 40.3. The van der Waals surface area contributed by atoms with Crippen molar-refractivity contribution in [2.45, 2.75) is 23.8 Å². The number of imidazole rings is 1. The molecule has 1 amide bonds. The van der Waals surface area contributed by atoms with Crippen LogP contribution in [-0.4, -0.2) is 57.3 Å². The standard InChI is InChI=1S/C27H24ClN7O5S/c28-18-6-8-21(9-7-18)41(37,38)34-12-2-4-19(16-34)31-26-30-11-10-22(32-26)24-23(33-27-35(24)13-14-39-27)17-3-1-5-20(15-17)40-25(29)36/h1,3,5-11,13-15,19H,2,4,12,16H2,(H2,29,36)(H,30,31,32)/t19-/m1/s1. The predicted molar refractivity (Wildman–Crippen MR) is 151 cm³/mol. The topological polar surface area (TPSA) is 158 Å². The molecular weight excluding hydrogens is 570 g/mol. The van der Waals surface area contributed by atoms with Gasteiger partial charge in [0.15, 0.2) is 0 Å². The quantitative estimate of drug-likeness (QED) is 0.278. The number of amides is 1. The lowest BCUT2D eigenvalue weighted by atomic mass is 10.1. The highest BCUT2D eigenvalue weighted by atomic mass is 35.5. The Balaban J connectivity index is 1.28. The third-order valence-electron chi connectivity index (χ3n) is 6.65. The molecule has 0 bridgehead atoms. The van der Waals surface area contributed by atoms with E-state index in [-0.39, 0.29) is 23.2 Å². The van der Waals surface area contributed by atoms with Crippen LogP contribution in [0.25, 0.3) is 28.5 Å². The van der Waals surface area contributed by atoms with Crippen LogP contribution in [0.4, 0.5) is 10.7 Å². The molecule has 4 heterocycles. The first-order chi connectivity index (χ1) is 19.8. The van der Waals surface area contributed by atoms with E-state index in [9.17, 15) is 13.2 Å². The Morgan fingerprint density at radius 1 is 1.15 bits per heavy atom. The second-order valence-corrected chi connectivity index (χ2v) is 11.8. The molecule has 210 valence electrons. The van der Waals surface area contributed by atoms with Crippen LogP contribution < -0.4 is 15.8 Å². The van der Waals surface area contributed by atoms with Gasteiger partial charge in [-0.15, -0.1) is 0 Å². The molecule has 6 rings (SSSR count). The highest BCUT2D eigenvalue weighted by Crippen LogP contribution is 2.34. The Bertz CT molecular complexity index is 1840. The molecule has 3 aromatic heterocycles. The number of primary amides is 1. The number of benzene rings is 2. The molecule has 0 aliphatic carbocycles. The van der Waals surface area contributed by atoms with Gasteiger partial charge in [-0.3, -0.25) is 4.40 Å². The molecule has 2 aromatic carbocycles. The third-order valence-corrected chi connectivity index (χ3v) is 8.79. The van der Waals surface area contributed by atoms with E-state index in [1.807, 2.05) is 6.07 Å². The largest absolute Gasteiger partial charge is 0.432 e. The number of ether oxygens (including phenoxy) is 1. The van der Waals surface area contributed by atoms with Crippen molar-refractivity contribution in [3.8, 4) is 28.4 Å². The first-order valence-electron chi connectivity index (χ1n) is 12.7. The number of hydrogen-bond donors (Lipinski definition) is 2. The number of piperidine rings is 1. The van der Waals surface area contributed by atoms with Gasteiger partial charge in [0.25, 0.3) is 0 Å². The Morgan fingerprint density at radius 3 is 2.78 bits per heavy atom. The van der Waals surface area contributed by atoms with Crippen LogP contribution in [0.2, 0.25) is 5.02 Å². The molecule has 1 fully saturated rings. The average molecular weight is 594 g/mol. The molecule has 0 spiro atoms. The van der Waals surface area contributed by atoms with Crippen molar-refractivity contribution in [1.82, 2.24) is 23.7 Å². The maximum Gasteiger partial charge on any atom is 0.409 e. The smallest absolute Gasteiger partial charge is 0.409 e. The van der Waals surface area contributed by atoms with Crippen molar-refractivity contribution in [3.05, 3.63) is 78.3 Å². The lowest BCUT2D eigenvalue weighted by Gasteiger charge is -2.32. The van der Waals surface area contributed by atoms with E-state index in [0.29, 0.717) is 52.4 Å². The van der Waals surface area contributed by atoms with E-state index in [1.165, 1.54) is 22.7 Å². The van der Waals surface area contributed by atoms with Gasteiger partial charge >= 0.3 is 11.9 Å². The highest BCUT2D eigenvalue weighted by Gasteiger charge is 2.31. The fourth-order valence-electron chi connectivity index (χ4n) is 4.83. The number of carbonyl (C=O) groups excluding carboxylic acids is 1. The van der Waals surface area contributed by atoms with Gasteiger partial charge in [-0.1, -0.05) is 23.7 Å². The molecule has 0 unspecified atom stereocenters. The van der Waals surface area contributed by atoms with Crippen molar-refractivity contribution < 1.29 is 22.4 Å². The number of anilines is 1. The number of hydrogen-bond acceptors (Lipinski definition) is 9. The number of fused-ring (bicyclic) bond motifs is 1. The Kier molecular flexibility index (Phi) is 7.07. The molecule has 3 N–H and O–H groups in total. The molecule has 14 heteroatoms. The van der Waals surface area contributed by atoms with Gasteiger partial charge in [0.1, 0.15) is 23.4 Å². The minimum atomic E-state index is -3.68. The first kappa shape index (κ1) is 26.7. The van der Waals surface area contributed by atoms with Crippen molar-refractivity contribution in [1.29, 1.82) is 0 Å². The Morgan fingerprint density at radius 2 is 1.98 bits per heavy atom. The van der Waals surface area contributed by atoms with E-state index in [1.54, 1.807) is 53.2 Å². The number of oxazole rings is 1. The van der Waals surface area contributed by atoms with Crippen molar-refractivity contribution in [2.75, 3.05) is 18.4 Å².